The maximum atomic E-state index is 5.46. The highest BCUT2D eigenvalue weighted by molar-refractivity contribution is 4.64. The second-order valence-corrected chi connectivity index (χ2v) is 7.21. The van der Waals surface area contributed by atoms with Crippen LogP contribution in [0, 0.1) is 0 Å². The monoisotopic (exact) mass is 292 g/mol. The molecule has 0 N–H and O–H groups in total. The average molecular weight is 292 g/mol. The Bertz CT molecular complexity index is 269. The lowest BCUT2D eigenvalue weighted by Gasteiger charge is -2.32. The Kier molecular flexibility index (Phi) is 5.95. The van der Waals surface area contributed by atoms with Crippen molar-refractivity contribution >= 4 is 0 Å². The first-order valence-corrected chi connectivity index (χ1v) is 7.05. The summed E-state index contributed by atoms with van der Waals surface area (Å²) < 4.78 is 0. The summed E-state index contributed by atoms with van der Waals surface area (Å²) in [5, 5.41) is 0. The quantitative estimate of drug-likeness (QED) is 0.294. The molecule has 0 unspecified atom stereocenters. The van der Waals surface area contributed by atoms with Crippen LogP contribution in [-0.2, 0) is 29.3 Å². The van der Waals surface area contributed by atoms with E-state index in [1.165, 1.54) is 0 Å². The van der Waals surface area contributed by atoms with Crippen LogP contribution in [0.25, 0.3) is 0 Å². The van der Waals surface area contributed by atoms with Crippen LogP contribution in [0.1, 0.15) is 67.7 Å². The van der Waals surface area contributed by atoms with Gasteiger partial charge in [-0.05, 0) is 54.9 Å². The molecule has 1 fully saturated rings. The molecule has 1 aliphatic rings. The van der Waals surface area contributed by atoms with Gasteiger partial charge in [-0.25, -0.2) is 9.78 Å². The van der Waals surface area contributed by atoms with Crippen molar-refractivity contribution in [1.82, 2.24) is 0 Å². The molecule has 1 rings (SSSR count). The minimum atomic E-state index is -0.977. The van der Waals surface area contributed by atoms with E-state index in [4.69, 9.17) is 29.3 Å². The SMILES string of the molecule is CC(C)(C)OOC(C)(CCCC1OO1)OOC(C)(C)C. The molecule has 0 amide bonds. The fraction of sp³-hybridized carbons (Fsp3) is 1.00. The molecule has 6 nitrogen and oxygen atoms in total. The molecule has 0 aromatic carbocycles. The minimum Gasteiger partial charge on any atom is -0.228 e. The Labute approximate surface area is 121 Å². The zero-order valence-corrected chi connectivity index (χ0v) is 13.6. The Morgan fingerprint density at radius 3 is 1.55 bits per heavy atom. The molecular formula is C14H28O6. The fourth-order valence-corrected chi connectivity index (χ4v) is 1.25. The second-order valence-electron chi connectivity index (χ2n) is 7.21. The number of hydrogen-bond donors (Lipinski definition) is 0. The van der Waals surface area contributed by atoms with Crippen molar-refractivity contribution in [2.45, 2.75) is 91.0 Å². The summed E-state index contributed by atoms with van der Waals surface area (Å²) in [5.74, 6) is -0.977. The highest BCUT2D eigenvalue weighted by Gasteiger charge is 2.35. The van der Waals surface area contributed by atoms with Crippen molar-refractivity contribution in [3.8, 4) is 0 Å². The van der Waals surface area contributed by atoms with E-state index in [0.717, 1.165) is 12.8 Å². The van der Waals surface area contributed by atoms with Crippen LogP contribution >= 0.6 is 0 Å². The second kappa shape index (κ2) is 6.68. The molecule has 20 heavy (non-hydrogen) atoms. The van der Waals surface area contributed by atoms with E-state index in [0.29, 0.717) is 6.42 Å². The van der Waals surface area contributed by atoms with Crippen molar-refractivity contribution in [2.24, 2.45) is 0 Å². The molecule has 0 atom stereocenters. The van der Waals surface area contributed by atoms with E-state index in [1.807, 2.05) is 41.5 Å². The summed E-state index contributed by atoms with van der Waals surface area (Å²) in [6, 6.07) is 0. The summed E-state index contributed by atoms with van der Waals surface area (Å²) in [4.78, 5) is 31.1. The van der Waals surface area contributed by atoms with Crippen molar-refractivity contribution in [3.05, 3.63) is 0 Å². The molecule has 0 aliphatic carbocycles. The van der Waals surface area contributed by atoms with Gasteiger partial charge in [-0.15, -0.1) is 0 Å². The lowest BCUT2D eigenvalue weighted by atomic mass is 10.1. The van der Waals surface area contributed by atoms with Crippen LogP contribution in [0.3, 0.4) is 0 Å². The molecule has 0 aromatic heterocycles. The van der Waals surface area contributed by atoms with Crippen LogP contribution in [0.5, 0.6) is 0 Å². The van der Waals surface area contributed by atoms with Gasteiger partial charge in [0.2, 0.25) is 12.1 Å². The van der Waals surface area contributed by atoms with Gasteiger partial charge in [0.15, 0.2) is 0 Å². The molecule has 1 heterocycles. The van der Waals surface area contributed by atoms with Crippen LogP contribution in [0.15, 0.2) is 0 Å². The normalized spacial score (nSPS) is 17.6. The Morgan fingerprint density at radius 1 is 0.750 bits per heavy atom. The van der Waals surface area contributed by atoms with Gasteiger partial charge in [-0.1, -0.05) is 0 Å². The first-order valence-electron chi connectivity index (χ1n) is 7.05. The van der Waals surface area contributed by atoms with Gasteiger partial charge in [0.05, 0.1) is 11.2 Å². The van der Waals surface area contributed by atoms with Crippen LogP contribution in [0.4, 0.5) is 0 Å². The number of hydrogen-bond acceptors (Lipinski definition) is 6. The van der Waals surface area contributed by atoms with Crippen LogP contribution in [-0.4, -0.2) is 23.3 Å². The summed E-state index contributed by atoms with van der Waals surface area (Å²) >= 11 is 0. The van der Waals surface area contributed by atoms with Crippen LogP contribution < -0.4 is 0 Å². The van der Waals surface area contributed by atoms with Crippen molar-refractivity contribution in [2.75, 3.05) is 0 Å². The predicted octanol–water partition coefficient (Wildman–Crippen LogP) is 3.65. The lowest BCUT2D eigenvalue weighted by Crippen LogP contribution is -2.38. The third kappa shape index (κ3) is 8.84. The Balaban J connectivity index is 2.45. The maximum absolute atomic E-state index is 5.46. The highest BCUT2D eigenvalue weighted by atomic mass is 17.4. The van der Waals surface area contributed by atoms with Crippen molar-refractivity contribution in [1.29, 1.82) is 0 Å². The highest BCUT2D eigenvalue weighted by Crippen LogP contribution is 2.28. The average Bonchev–Trinajstić information content (AvgIpc) is 3.06. The van der Waals surface area contributed by atoms with E-state index in [1.54, 1.807) is 6.92 Å². The van der Waals surface area contributed by atoms with E-state index in [9.17, 15) is 0 Å². The Morgan fingerprint density at radius 2 is 1.20 bits per heavy atom. The van der Waals surface area contributed by atoms with E-state index in [-0.39, 0.29) is 6.29 Å². The van der Waals surface area contributed by atoms with Gasteiger partial charge in [-0.2, -0.15) is 19.6 Å². The first-order chi connectivity index (χ1) is 8.99. The topological polar surface area (TPSA) is 62.0 Å². The van der Waals surface area contributed by atoms with Gasteiger partial charge in [-0.3, -0.25) is 0 Å². The molecule has 6 heteroatoms. The van der Waals surface area contributed by atoms with Crippen molar-refractivity contribution < 1.29 is 29.3 Å². The van der Waals surface area contributed by atoms with E-state index in [2.05, 4.69) is 0 Å². The van der Waals surface area contributed by atoms with Crippen molar-refractivity contribution in [3.63, 3.8) is 0 Å². The molecule has 0 saturated carbocycles. The summed E-state index contributed by atoms with van der Waals surface area (Å²) in [6.07, 6.45) is 2.10. The largest absolute Gasteiger partial charge is 0.231 e. The predicted molar refractivity (Wildman–Crippen MR) is 72.1 cm³/mol. The van der Waals surface area contributed by atoms with E-state index >= 15 is 0 Å². The summed E-state index contributed by atoms with van der Waals surface area (Å²) in [7, 11) is 0. The van der Waals surface area contributed by atoms with E-state index < -0.39 is 17.0 Å². The third-order valence-corrected chi connectivity index (χ3v) is 2.24. The third-order valence-electron chi connectivity index (χ3n) is 2.24. The summed E-state index contributed by atoms with van der Waals surface area (Å²) in [5.41, 5.74) is -0.843. The zero-order valence-electron chi connectivity index (χ0n) is 13.6. The standard InChI is InChI=1S/C14H28O6/c1-12(2,3)17-19-14(7,20-18-13(4,5)6)10-8-9-11-15-16-11/h11H,8-10H2,1-7H3. The van der Waals surface area contributed by atoms with Gasteiger partial charge in [0, 0.05) is 12.8 Å². The molecule has 0 radical (unpaired) electrons. The minimum absolute atomic E-state index is 0.0914. The molecule has 120 valence electrons. The maximum Gasteiger partial charge on any atom is 0.231 e. The zero-order chi connectivity index (χ0) is 15.4. The molecule has 0 bridgehead atoms. The fourth-order valence-electron chi connectivity index (χ4n) is 1.25. The van der Waals surface area contributed by atoms with Gasteiger partial charge in [0.25, 0.3) is 0 Å². The molecule has 1 saturated heterocycles. The van der Waals surface area contributed by atoms with Gasteiger partial charge < -0.3 is 0 Å². The Hall–Kier alpha value is -0.240. The van der Waals surface area contributed by atoms with Gasteiger partial charge in [0.1, 0.15) is 0 Å². The van der Waals surface area contributed by atoms with Gasteiger partial charge >= 0.3 is 0 Å². The number of rotatable bonds is 8. The smallest absolute Gasteiger partial charge is 0.228 e. The molecular weight excluding hydrogens is 264 g/mol. The van der Waals surface area contributed by atoms with Crippen LogP contribution in [0.2, 0.25) is 0 Å². The molecule has 1 aliphatic heterocycles. The molecule has 0 aromatic rings. The molecule has 0 spiro atoms. The lowest BCUT2D eigenvalue weighted by molar-refractivity contribution is -0.537. The summed E-state index contributed by atoms with van der Waals surface area (Å²) in [6.45, 7) is 13.2. The first kappa shape index (κ1) is 17.8.